The number of carbonyl (C=O) groups excluding carboxylic acids is 1. The predicted molar refractivity (Wildman–Crippen MR) is 111 cm³/mol. The molecule has 1 heterocycles. The molecule has 1 aromatic heterocycles. The van der Waals surface area contributed by atoms with Gasteiger partial charge < -0.3 is 9.47 Å². The number of methoxy groups -OCH3 is 2. The Kier molecular flexibility index (Phi) is 5.79. The van der Waals surface area contributed by atoms with Crippen molar-refractivity contribution >= 4 is 28.1 Å². The molecule has 9 heteroatoms. The van der Waals surface area contributed by atoms with E-state index in [0.29, 0.717) is 5.13 Å². The summed E-state index contributed by atoms with van der Waals surface area (Å²) in [6.07, 6.45) is 0. The number of nitrogens with one attached hydrogen (secondary N) is 1. The van der Waals surface area contributed by atoms with Crippen molar-refractivity contribution in [1.82, 2.24) is 4.98 Å². The number of benzene rings is 2. The molecule has 1 amide bonds. The molecule has 8 nitrogen and oxygen atoms in total. The third kappa shape index (κ3) is 4.19. The fourth-order valence-electron chi connectivity index (χ4n) is 2.83. The highest BCUT2D eigenvalue weighted by Gasteiger charge is 2.25. The molecule has 0 saturated heterocycles. The van der Waals surface area contributed by atoms with Gasteiger partial charge in [-0.25, -0.2) is 4.98 Å². The number of ether oxygens (including phenoxy) is 2. The van der Waals surface area contributed by atoms with Gasteiger partial charge in [0.05, 0.1) is 30.9 Å². The standard InChI is InChI=1S/C20H19N3O5S/c1-11-5-6-12(2)13(7-11)15-10-29-20(21-15)22-19(24)14-8-17(27-3)18(28-4)9-16(14)23(25)26/h5-10H,1-4H3,(H,21,22,24). The maximum absolute atomic E-state index is 12.7. The summed E-state index contributed by atoms with van der Waals surface area (Å²) < 4.78 is 10.2. The first-order chi connectivity index (χ1) is 13.8. The monoisotopic (exact) mass is 413 g/mol. The number of nitro groups is 1. The number of carbonyl (C=O) groups is 1. The molecule has 0 fully saturated rings. The molecule has 0 unspecified atom stereocenters. The summed E-state index contributed by atoms with van der Waals surface area (Å²) in [5.41, 5.74) is 3.34. The van der Waals surface area contributed by atoms with Gasteiger partial charge >= 0.3 is 0 Å². The van der Waals surface area contributed by atoms with Gasteiger partial charge in [-0.1, -0.05) is 17.7 Å². The molecule has 0 spiro atoms. The van der Waals surface area contributed by atoms with Crippen LogP contribution in [0.1, 0.15) is 21.5 Å². The van der Waals surface area contributed by atoms with E-state index in [2.05, 4.69) is 10.3 Å². The van der Waals surface area contributed by atoms with Crippen LogP contribution < -0.4 is 14.8 Å². The molecule has 0 radical (unpaired) electrons. The highest BCUT2D eigenvalue weighted by Crippen LogP contribution is 2.35. The first kappa shape index (κ1) is 20.3. The van der Waals surface area contributed by atoms with Crippen LogP contribution in [0.25, 0.3) is 11.3 Å². The number of anilines is 1. The molecule has 0 atom stereocenters. The topological polar surface area (TPSA) is 104 Å². The molecule has 29 heavy (non-hydrogen) atoms. The quantitative estimate of drug-likeness (QED) is 0.468. The first-order valence-electron chi connectivity index (χ1n) is 8.59. The zero-order chi connectivity index (χ0) is 21.1. The van der Waals surface area contributed by atoms with E-state index < -0.39 is 10.8 Å². The van der Waals surface area contributed by atoms with E-state index in [1.54, 1.807) is 0 Å². The second-order valence-corrected chi connectivity index (χ2v) is 7.15. The normalized spacial score (nSPS) is 10.5. The Labute approximate surface area is 171 Å². The van der Waals surface area contributed by atoms with Crippen molar-refractivity contribution in [2.75, 3.05) is 19.5 Å². The Morgan fingerprint density at radius 3 is 2.48 bits per heavy atom. The number of thiazole rings is 1. The summed E-state index contributed by atoms with van der Waals surface area (Å²) in [6, 6.07) is 8.50. The number of aromatic nitrogens is 1. The van der Waals surface area contributed by atoms with Gasteiger partial charge in [-0.05, 0) is 25.5 Å². The van der Waals surface area contributed by atoms with Crippen LogP contribution in [0.4, 0.5) is 10.8 Å². The number of amides is 1. The molecule has 2 aromatic carbocycles. The summed E-state index contributed by atoms with van der Waals surface area (Å²) in [6.45, 7) is 3.98. The third-order valence-electron chi connectivity index (χ3n) is 4.34. The van der Waals surface area contributed by atoms with E-state index in [0.717, 1.165) is 28.5 Å². The maximum Gasteiger partial charge on any atom is 0.286 e. The van der Waals surface area contributed by atoms with Crippen molar-refractivity contribution in [2.24, 2.45) is 0 Å². The number of aryl methyl sites for hydroxylation is 2. The molecule has 0 aliphatic carbocycles. The molecule has 150 valence electrons. The average Bonchev–Trinajstić information content (AvgIpc) is 3.16. The Morgan fingerprint density at radius 1 is 1.14 bits per heavy atom. The zero-order valence-corrected chi connectivity index (χ0v) is 17.1. The molecule has 3 rings (SSSR count). The van der Waals surface area contributed by atoms with Crippen LogP contribution in [-0.2, 0) is 0 Å². The van der Waals surface area contributed by atoms with Crippen LogP contribution in [0.2, 0.25) is 0 Å². The summed E-state index contributed by atoms with van der Waals surface area (Å²) in [7, 11) is 2.76. The van der Waals surface area contributed by atoms with Crippen LogP contribution in [-0.4, -0.2) is 30.0 Å². The molecule has 3 aromatic rings. The number of nitrogens with zero attached hydrogens (tertiary/aromatic N) is 2. The zero-order valence-electron chi connectivity index (χ0n) is 16.3. The smallest absolute Gasteiger partial charge is 0.286 e. The molecular formula is C20H19N3O5S. The van der Waals surface area contributed by atoms with Crippen molar-refractivity contribution < 1.29 is 19.2 Å². The van der Waals surface area contributed by atoms with E-state index >= 15 is 0 Å². The minimum absolute atomic E-state index is 0.142. The Morgan fingerprint density at radius 2 is 1.83 bits per heavy atom. The second-order valence-electron chi connectivity index (χ2n) is 6.29. The largest absolute Gasteiger partial charge is 0.493 e. The molecule has 0 saturated carbocycles. The van der Waals surface area contributed by atoms with Crippen LogP contribution in [0, 0.1) is 24.0 Å². The molecule has 1 N–H and O–H groups in total. The van der Waals surface area contributed by atoms with Crippen molar-refractivity contribution in [3.05, 3.63) is 62.5 Å². The van der Waals surface area contributed by atoms with Gasteiger partial charge in [-0.3, -0.25) is 20.2 Å². The van der Waals surface area contributed by atoms with Crippen LogP contribution >= 0.6 is 11.3 Å². The van der Waals surface area contributed by atoms with Crippen molar-refractivity contribution in [3.8, 4) is 22.8 Å². The lowest BCUT2D eigenvalue weighted by Crippen LogP contribution is -2.14. The maximum atomic E-state index is 12.7. The average molecular weight is 413 g/mol. The summed E-state index contributed by atoms with van der Waals surface area (Å²) in [5.74, 6) is -0.264. The van der Waals surface area contributed by atoms with Crippen molar-refractivity contribution in [1.29, 1.82) is 0 Å². The highest BCUT2D eigenvalue weighted by atomic mass is 32.1. The van der Waals surface area contributed by atoms with Gasteiger partial charge in [0.2, 0.25) is 0 Å². The lowest BCUT2D eigenvalue weighted by Gasteiger charge is -2.10. The number of rotatable bonds is 6. The summed E-state index contributed by atoms with van der Waals surface area (Å²) >= 11 is 1.24. The van der Waals surface area contributed by atoms with Gasteiger partial charge in [-0.15, -0.1) is 11.3 Å². The summed E-state index contributed by atoms with van der Waals surface area (Å²) in [5, 5.41) is 16.2. The Balaban J connectivity index is 1.92. The Hall–Kier alpha value is -3.46. The fraction of sp³-hybridized carbons (Fsp3) is 0.200. The SMILES string of the molecule is COc1cc(C(=O)Nc2nc(-c3cc(C)ccc3C)cs2)c([N+](=O)[O-])cc1OC. The molecule has 0 bridgehead atoms. The highest BCUT2D eigenvalue weighted by molar-refractivity contribution is 7.14. The minimum Gasteiger partial charge on any atom is -0.493 e. The fourth-order valence-corrected chi connectivity index (χ4v) is 3.54. The van der Waals surface area contributed by atoms with Crippen LogP contribution in [0.3, 0.4) is 0 Å². The van der Waals surface area contributed by atoms with E-state index in [1.165, 1.54) is 31.6 Å². The van der Waals surface area contributed by atoms with Crippen LogP contribution in [0.15, 0.2) is 35.7 Å². The number of hydrogen-bond acceptors (Lipinski definition) is 7. The van der Waals surface area contributed by atoms with Crippen LogP contribution in [0.5, 0.6) is 11.5 Å². The lowest BCUT2D eigenvalue weighted by atomic mass is 10.0. The summed E-state index contributed by atoms with van der Waals surface area (Å²) in [4.78, 5) is 28.0. The number of hydrogen-bond donors (Lipinski definition) is 1. The van der Waals surface area contributed by atoms with Gasteiger partial charge in [0.15, 0.2) is 16.6 Å². The minimum atomic E-state index is -0.653. The van der Waals surface area contributed by atoms with E-state index in [-0.39, 0.29) is 22.7 Å². The van der Waals surface area contributed by atoms with E-state index in [9.17, 15) is 14.9 Å². The van der Waals surface area contributed by atoms with Gasteiger partial charge in [0.25, 0.3) is 11.6 Å². The first-order valence-corrected chi connectivity index (χ1v) is 9.47. The molecular weight excluding hydrogens is 394 g/mol. The molecule has 0 aliphatic heterocycles. The van der Waals surface area contributed by atoms with Crippen molar-refractivity contribution in [2.45, 2.75) is 13.8 Å². The van der Waals surface area contributed by atoms with Gasteiger partial charge in [0, 0.05) is 17.0 Å². The van der Waals surface area contributed by atoms with Gasteiger partial charge in [0.1, 0.15) is 5.56 Å². The van der Waals surface area contributed by atoms with Gasteiger partial charge in [-0.2, -0.15) is 0 Å². The van der Waals surface area contributed by atoms with E-state index in [1.807, 2.05) is 37.4 Å². The molecule has 0 aliphatic rings. The lowest BCUT2D eigenvalue weighted by molar-refractivity contribution is -0.385. The Bertz CT molecular complexity index is 1090. The van der Waals surface area contributed by atoms with E-state index in [4.69, 9.17) is 9.47 Å². The second kappa shape index (κ2) is 8.27. The van der Waals surface area contributed by atoms with Crippen molar-refractivity contribution in [3.63, 3.8) is 0 Å². The number of nitro benzene ring substituents is 1. The third-order valence-corrected chi connectivity index (χ3v) is 5.09. The predicted octanol–water partition coefficient (Wildman–Crippen LogP) is 4.60.